The highest BCUT2D eigenvalue weighted by atomic mass is 35.5. The van der Waals surface area contributed by atoms with Crippen LogP contribution in [0.15, 0.2) is 48.5 Å². The third kappa shape index (κ3) is 4.17. The van der Waals surface area contributed by atoms with E-state index in [1.807, 2.05) is 0 Å². The lowest BCUT2D eigenvalue weighted by molar-refractivity contribution is -0.111. The number of amides is 1. The first kappa shape index (κ1) is 15.7. The fraction of sp³-hybridized carbons (Fsp3) is 0. The second-order valence-corrected chi connectivity index (χ2v) is 4.78. The van der Waals surface area contributed by atoms with Gasteiger partial charge in [-0.05, 0) is 42.0 Å². The van der Waals surface area contributed by atoms with Crippen LogP contribution >= 0.6 is 11.6 Å². The average Bonchev–Trinajstić information content (AvgIpc) is 2.47. The van der Waals surface area contributed by atoms with Crippen LogP contribution in [0.25, 0.3) is 6.08 Å². The van der Waals surface area contributed by atoms with E-state index in [2.05, 4.69) is 5.32 Å². The predicted octanol–water partition coefficient (Wildman–Crippen LogP) is 3.83. The van der Waals surface area contributed by atoms with Crippen LogP contribution in [0.5, 0.6) is 0 Å². The van der Waals surface area contributed by atoms with Gasteiger partial charge in [0.2, 0.25) is 5.91 Å². The summed E-state index contributed by atoms with van der Waals surface area (Å²) in [6.45, 7) is 0. The molecule has 0 spiro atoms. The van der Waals surface area contributed by atoms with Crippen molar-refractivity contribution >= 4 is 35.2 Å². The number of hydrogen-bond acceptors (Lipinski definition) is 2. The van der Waals surface area contributed by atoms with E-state index in [1.165, 1.54) is 48.6 Å². The van der Waals surface area contributed by atoms with Gasteiger partial charge in [-0.25, -0.2) is 9.18 Å². The summed E-state index contributed by atoms with van der Waals surface area (Å²) < 4.78 is 13.0. The summed E-state index contributed by atoms with van der Waals surface area (Å²) in [6.07, 6.45) is 2.64. The maximum absolute atomic E-state index is 13.0. The zero-order valence-electron chi connectivity index (χ0n) is 11.2. The third-order valence-corrected chi connectivity index (χ3v) is 3.08. The van der Waals surface area contributed by atoms with Crippen LogP contribution in [0.1, 0.15) is 15.9 Å². The fourth-order valence-corrected chi connectivity index (χ4v) is 1.88. The van der Waals surface area contributed by atoms with Crippen molar-refractivity contribution in [3.63, 3.8) is 0 Å². The van der Waals surface area contributed by atoms with E-state index in [0.29, 0.717) is 5.56 Å². The number of carbonyl (C=O) groups excluding carboxylic acids is 1. The number of aromatic carboxylic acids is 1. The average molecular weight is 320 g/mol. The number of rotatable bonds is 4. The van der Waals surface area contributed by atoms with Crippen molar-refractivity contribution in [3.05, 3.63) is 70.5 Å². The lowest BCUT2D eigenvalue weighted by Crippen LogP contribution is -2.09. The van der Waals surface area contributed by atoms with Gasteiger partial charge in [0, 0.05) is 6.08 Å². The smallest absolute Gasteiger partial charge is 0.335 e. The minimum absolute atomic E-state index is 0.00816. The zero-order valence-corrected chi connectivity index (χ0v) is 12.0. The molecule has 2 N–H and O–H groups in total. The number of carbonyl (C=O) groups is 2. The number of carboxylic acids is 1. The van der Waals surface area contributed by atoms with Crippen molar-refractivity contribution < 1.29 is 19.1 Å². The van der Waals surface area contributed by atoms with Crippen LogP contribution in [0.2, 0.25) is 5.02 Å². The number of anilines is 1. The Kier molecular flexibility index (Phi) is 4.91. The molecule has 0 unspecified atom stereocenters. The molecule has 2 aromatic rings. The molecule has 22 heavy (non-hydrogen) atoms. The van der Waals surface area contributed by atoms with E-state index in [-0.39, 0.29) is 16.3 Å². The molecule has 1 amide bonds. The molecule has 0 atom stereocenters. The normalized spacial score (nSPS) is 10.6. The Labute approximate surface area is 130 Å². The minimum atomic E-state index is -1.12. The summed E-state index contributed by atoms with van der Waals surface area (Å²) in [5.74, 6) is -2.03. The molecule has 0 aliphatic carbocycles. The van der Waals surface area contributed by atoms with Gasteiger partial charge in [-0.3, -0.25) is 4.79 Å². The van der Waals surface area contributed by atoms with E-state index < -0.39 is 17.7 Å². The van der Waals surface area contributed by atoms with Gasteiger partial charge in [-0.15, -0.1) is 0 Å². The molecule has 2 aromatic carbocycles. The fourth-order valence-electron chi connectivity index (χ4n) is 1.71. The summed E-state index contributed by atoms with van der Waals surface area (Å²) in [5, 5.41) is 11.6. The van der Waals surface area contributed by atoms with Gasteiger partial charge in [0.05, 0.1) is 16.3 Å². The SMILES string of the molecule is O=C(/C=C/c1cccc(F)c1)Nc1cc(C(=O)O)ccc1Cl. The van der Waals surface area contributed by atoms with Crippen LogP contribution in [-0.2, 0) is 4.79 Å². The van der Waals surface area contributed by atoms with Crippen LogP contribution in [0, 0.1) is 5.82 Å². The molecule has 0 saturated carbocycles. The Morgan fingerprint density at radius 3 is 2.64 bits per heavy atom. The molecule has 4 nitrogen and oxygen atoms in total. The quantitative estimate of drug-likeness (QED) is 0.842. The highest BCUT2D eigenvalue weighted by molar-refractivity contribution is 6.34. The molecule has 0 aromatic heterocycles. The Balaban J connectivity index is 2.12. The van der Waals surface area contributed by atoms with E-state index in [9.17, 15) is 14.0 Å². The van der Waals surface area contributed by atoms with E-state index in [4.69, 9.17) is 16.7 Å². The third-order valence-electron chi connectivity index (χ3n) is 2.75. The van der Waals surface area contributed by atoms with Gasteiger partial charge >= 0.3 is 5.97 Å². The molecule has 0 fully saturated rings. The number of halogens is 2. The summed E-state index contributed by atoms with van der Waals surface area (Å²) in [6, 6.07) is 9.74. The molecule has 0 saturated heterocycles. The van der Waals surface area contributed by atoms with Crippen molar-refractivity contribution in [2.45, 2.75) is 0 Å². The first-order valence-corrected chi connectivity index (χ1v) is 6.61. The van der Waals surface area contributed by atoms with Crippen molar-refractivity contribution in [1.29, 1.82) is 0 Å². The first-order chi connectivity index (χ1) is 10.5. The maximum Gasteiger partial charge on any atom is 0.335 e. The number of nitrogens with one attached hydrogen (secondary N) is 1. The topological polar surface area (TPSA) is 66.4 Å². The largest absolute Gasteiger partial charge is 0.478 e. The van der Waals surface area contributed by atoms with Crippen LogP contribution in [0.4, 0.5) is 10.1 Å². The predicted molar refractivity (Wildman–Crippen MR) is 82.5 cm³/mol. The Morgan fingerprint density at radius 1 is 1.18 bits per heavy atom. The standard InChI is InChI=1S/C16H11ClFNO3/c17-13-6-5-11(16(21)22)9-14(13)19-15(20)7-4-10-2-1-3-12(18)8-10/h1-9H,(H,19,20)(H,21,22)/b7-4+. The summed E-state index contributed by atoms with van der Waals surface area (Å²) in [5.41, 5.74) is 0.727. The van der Waals surface area contributed by atoms with Crippen molar-refractivity contribution in [2.24, 2.45) is 0 Å². The minimum Gasteiger partial charge on any atom is -0.478 e. The van der Waals surface area contributed by atoms with Crippen LogP contribution in [0.3, 0.4) is 0 Å². The Bertz CT molecular complexity index is 759. The van der Waals surface area contributed by atoms with Crippen molar-refractivity contribution in [2.75, 3.05) is 5.32 Å². The molecule has 112 valence electrons. The molecule has 0 aliphatic rings. The molecule has 0 aliphatic heterocycles. The van der Waals surface area contributed by atoms with Crippen LogP contribution < -0.4 is 5.32 Å². The number of hydrogen-bond donors (Lipinski definition) is 2. The van der Waals surface area contributed by atoms with Crippen molar-refractivity contribution in [1.82, 2.24) is 0 Å². The monoisotopic (exact) mass is 319 g/mol. The molecule has 0 bridgehead atoms. The highest BCUT2D eigenvalue weighted by Crippen LogP contribution is 2.23. The Morgan fingerprint density at radius 2 is 1.95 bits per heavy atom. The second kappa shape index (κ2) is 6.87. The summed E-state index contributed by atoms with van der Waals surface area (Å²) in [7, 11) is 0. The molecule has 0 radical (unpaired) electrons. The van der Waals surface area contributed by atoms with Gasteiger partial charge in [0.1, 0.15) is 5.82 Å². The molecular weight excluding hydrogens is 309 g/mol. The Hall–Kier alpha value is -2.66. The van der Waals surface area contributed by atoms with Gasteiger partial charge in [0.25, 0.3) is 0 Å². The van der Waals surface area contributed by atoms with Gasteiger partial charge in [0.15, 0.2) is 0 Å². The second-order valence-electron chi connectivity index (χ2n) is 4.38. The molecule has 2 rings (SSSR count). The van der Waals surface area contributed by atoms with Crippen LogP contribution in [-0.4, -0.2) is 17.0 Å². The van der Waals surface area contributed by atoms with E-state index in [1.54, 1.807) is 6.07 Å². The highest BCUT2D eigenvalue weighted by Gasteiger charge is 2.08. The summed E-state index contributed by atoms with van der Waals surface area (Å²) >= 11 is 5.90. The maximum atomic E-state index is 13.0. The van der Waals surface area contributed by atoms with Gasteiger partial charge in [-0.1, -0.05) is 23.7 Å². The zero-order chi connectivity index (χ0) is 16.1. The van der Waals surface area contributed by atoms with Crippen molar-refractivity contribution in [3.8, 4) is 0 Å². The molecular formula is C16H11ClFNO3. The first-order valence-electron chi connectivity index (χ1n) is 6.23. The van der Waals surface area contributed by atoms with E-state index >= 15 is 0 Å². The van der Waals surface area contributed by atoms with Gasteiger partial charge < -0.3 is 10.4 Å². The number of carboxylic acid groups (broad SMARTS) is 1. The summed E-state index contributed by atoms with van der Waals surface area (Å²) in [4.78, 5) is 22.7. The molecule has 6 heteroatoms. The van der Waals surface area contributed by atoms with Gasteiger partial charge in [-0.2, -0.15) is 0 Å². The lowest BCUT2D eigenvalue weighted by atomic mass is 10.2. The number of benzene rings is 2. The van der Waals surface area contributed by atoms with E-state index in [0.717, 1.165) is 0 Å². The lowest BCUT2D eigenvalue weighted by Gasteiger charge is -2.06. The molecule has 0 heterocycles.